The van der Waals surface area contributed by atoms with Crippen LogP contribution in [0.2, 0.25) is 0 Å². The lowest BCUT2D eigenvalue weighted by molar-refractivity contribution is -0.274. The van der Waals surface area contributed by atoms with Crippen molar-refractivity contribution in [2.75, 3.05) is 5.73 Å². The second-order valence-corrected chi connectivity index (χ2v) is 3.14. The van der Waals surface area contributed by atoms with Gasteiger partial charge in [-0.1, -0.05) is 6.07 Å². The van der Waals surface area contributed by atoms with E-state index in [0.717, 1.165) is 6.07 Å². The third-order valence-corrected chi connectivity index (χ3v) is 1.94. The molecule has 0 fully saturated rings. The van der Waals surface area contributed by atoms with E-state index in [-0.39, 0.29) is 11.4 Å². The number of aromatic nitrogens is 1. The first-order valence-electron chi connectivity index (χ1n) is 4.36. The van der Waals surface area contributed by atoms with E-state index in [1.165, 1.54) is 12.3 Å². The molecule has 0 saturated carbocycles. The molecule has 0 saturated heterocycles. The fourth-order valence-corrected chi connectivity index (χ4v) is 1.38. The van der Waals surface area contributed by atoms with Gasteiger partial charge in [-0.05, 0) is 12.1 Å². The second kappa shape index (κ2) is 3.55. The molecule has 1 aromatic carbocycles. The van der Waals surface area contributed by atoms with Crippen LogP contribution in [-0.2, 0) is 0 Å². The predicted octanol–water partition coefficient (Wildman–Crippen LogP) is 2.72. The summed E-state index contributed by atoms with van der Waals surface area (Å²) in [6.07, 6.45) is -3.20. The van der Waals surface area contributed by atoms with Crippen LogP contribution >= 0.6 is 0 Å². The Bertz CT molecular complexity index is 525. The van der Waals surface area contributed by atoms with Gasteiger partial charge in [0.2, 0.25) is 0 Å². The summed E-state index contributed by atoms with van der Waals surface area (Å²) in [6.45, 7) is 0. The maximum atomic E-state index is 12.0. The summed E-state index contributed by atoms with van der Waals surface area (Å²) in [5.41, 5.74) is 6.17. The van der Waals surface area contributed by atoms with Crippen molar-refractivity contribution < 1.29 is 17.9 Å². The molecule has 0 radical (unpaired) electrons. The van der Waals surface area contributed by atoms with E-state index in [1.54, 1.807) is 12.1 Å². The highest BCUT2D eigenvalue weighted by Gasteiger charge is 2.31. The lowest BCUT2D eigenvalue weighted by Gasteiger charge is -2.10. The third-order valence-electron chi connectivity index (χ3n) is 1.94. The predicted molar refractivity (Wildman–Crippen MR) is 52.8 cm³/mol. The Kier molecular flexibility index (Phi) is 2.34. The second-order valence-electron chi connectivity index (χ2n) is 3.14. The maximum absolute atomic E-state index is 12.0. The van der Waals surface area contributed by atoms with E-state index in [0.29, 0.717) is 10.9 Å². The maximum Gasteiger partial charge on any atom is 0.573 e. The van der Waals surface area contributed by atoms with Gasteiger partial charge in [-0.25, -0.2) is 0 Å². The summed E-state index contributed by atoms with van der Waals surface area (Å²) in [4.78, 5) is 3.96. The summed E-state index contributed by atoms with van der Waals surface area (Å²) < 4.78 is 39.8. The van der Waals surface area contributed by atoms with Gasteiger partial charge in [0.25, 0.3) is 0 Å². The molecule has 84 valence electrons. The number of hydrogen-bond donors (Lipinski definition) is 1. The number of rotatable bonds is 1. The summed E-state index contributed by atoms with van der Waals surface area (Å²) in [6, 6.07) is 5.57. The minimum absolute atomic E-state index is 0.150. The fraction of sp³-hybridized carbons (Fsp3) is 0.100. The first-order valence-corrected chi connectivity index (χ1v) is 4.36. The van der Waals surface area contributed by atoms with Gasteiger partial charge in [-0.2, -0.15) is 0 Å². The smallest absolute Gasteiger partial charge is 0.406 e. The van der Waals surface area contributed by atoms with Gasteiger partial charge in [0.15, 0.2) is 0 Å². The van der Waals surface area contributed by atoms with Gasteiger partial charge in [-0.3, -0.25) is 4.98 Å². The van der Waals surface area contributed by atoms with Crippen LogP contribution in [0, 0.1) is 0 Å². The normalized spacial score (nSPS) is 11.7. The summed E-state index contributed by atoms with van der Waals surface area (Å²) in [5.74, 6) is -0.342. The minimum atomic E-state index is -4.72. The highest BCUT2D eigenvalue weighted by Crippen LogP contribution is 2.29. The Balaban J connectivity index is 2.50. The Hall–Kier alpha value is -1.98. The molecule has 0 unspecified atom stereocenters. The van der Waals surface area contributed by atoms with Gasteiger partial charge < -0.3 is 10.5 Å². The average Bonchev–Trinajstić information content (AvgIpc) is 2.15. The SMILES string of the molecule is Nc1cc(OC(F)(F)F)cc2cccnc12. The van der Waals surface area contributed by atoms with Crippen LogP contribution < -0.4 is 10.5 Å². The highest BCUT2D eigenvalue weighted by molar-refractivity contribution is 5.90. The summed E-state index contributed by atoms with van der Waals surface area (Å²) in [7, 11) is 0. The van der Waals surface area contributed by atoms with Gasteiger partial charge >= 0.3 is 6.36 Å². The molecule has 0 bridgehead atoms. The van der Waals surface area contributed by atoms with Crippen molar-refractivity contribution in [3.8, 4) is 5.75 Å². The monoisotopic (exact) mass is 228 g/mol. The van der Waals surface area contributed by atoms with Gasteiger partial charge in [0.05, 0.1) is 11.2 Å². The Labute approximate surface area is 88.6 Å². The number of halogens is 3. The number of ether oxygens (including phenoxy) is 1. The molecule has 1 aromatic heterocycles. The van der Waals surface area contributed by atoms with E-state index in [2.05, 4.69) is 9.72 Å². The van der Waals surface area contributed by atoms with Crippen LogP contribution in [0.4, 0.5) is 18.9 Å². The number of nitrogen functional groups attached to an aromatic ring is 1. The zero-order valence-corrected chi connectivity index (χ0v) is 7.95. The molecule has 0 aliphatic rings. The molecule has 0 amide bonds. The van der Waals surface area contributed by atoms with Crippen molar-refractivity contribution in [3.05, 3.63) is 30.5 Å². The zero-order chi connectivity index (χ0) is 11.8. The van der Waals surface area contributed by atoms with E-state index >= 15 is 0 Å². The number of hydrogen-bond acceptors (Lipinski definition) is 3. The topological polar surface area (TPSA) is 48.1 Å². The van der Waals surface area contributed by atoms with Crippen LogP contribution in [0.15, 0.2) is 30.5 Å². The molecule has 3 nitrogen and oxygen atoms in total. The molecule has 16 heavy (non-hydrogen) atoms. The Morgan fingerprint density at radius 2 is 2.00 bits per heavy atom. The first kappa shape index (κ1) is 10.5. The number of nitrogens with zero attached hydrogens (tertiary/aromatic N) is 1. The average molecular weight is 228 g/mol. The molecule has 1 heterocycles. The largest absolute Gasteiger partial charge is 0.573 e. The van der Waals surface area contributed by atoms with Crippen LogP contribution in [0.1, 0.15) is 0 Å². The molecule has 2 rings (SSSR count). The van der Waals surface area contributed by atoms with Crippen molar-refractivity contribution in [1.29, 1.82) is 0 Å². The molecule has 0 aliphatic heterocycles. The van der Waals surface area contributed by atoms with Crippen molar-refractivity contribution in [2.45, 2.75) is 6.36 Å². The van der Waals surface area contributed by atoms with Crippen LogP contribution in [0.3, 0.4) is 0 Å². The fourth-order valence-electron chi connectivity index (χ4n) is 1.38. The molecular formula is C10H7F3N2O. The molecule has 2 aromatic rings. The van der Waals surface area contributed by atoms with Crippen molar-refractivity contribution >= 4 is 16.6 Å². The molecule has 0 spiro atoms. The molecule has 6 heteroatoms. The van der Waals surface area contributed by atoms with E-state index in [9.17, 15) is 13.2 Å². The van der Waals surface area contributed by atoms with E-state index < -0.39 is 6.36 Å². The van der Waals surface area contributed by atoms with Crippen LogP contribution in [0.5, 0.6) is 5.75 Å². The zero-order valence-electron chi connectivity index (χ0n) is 7.95. The lowest BCUT2D eigenvalue weighted by atomic mass is 10.2. The van der Waals surface area contributed by atoms with Gasteiger partial charge in [0, 0.05) is 17.6 Å². The number of benzene rings is 1. The Morgan fingerprint density at radius 1 is 1.25 bits per heavy atom. The highest BCUT2D eigenvalue weighted by atomic mass is 19.4. The number of anilines is 1. The molecule has 0 aliphatic carbocycles. The number of pyridine rings is 1. The summed E-state index contributed by atoms with van der Waals surface area (Å²) in [5, 5.41) is 0.502. The van der Waals surface area contributed by atoms with Gasteiger partial charge in [0.1, 0.15) is 5.75 Å². The number of alkyl halides is 3. The molecular weight excluding hydrogens is 221 g/mol. The van der Waals surface area contributed by atoms with E-state index in [1.807, 2.05) is 0 Å². The van der Waals surface area contributed by atoms with Crippen LogP contribution in [0.25, 0.3) is 10.9 Å². The first-order chi connectivity index (χ1) is 7.46. The van der Waals surface area contributed by atoms with Crippen molar-refractivity contribution in [1.82, 2.24) is 4.98 Å². The van der Waals surface area contributed by atoms with E-state index in [4.69, 9.17) is 5.73 Å². The number of fused-ring (bicyclic) bond motifs is 1. The minimum Gasteiger partial charge on any atom is -0.406 e. The van der Waals surface area contributed by atoms with Crippen LogP contribution in [-0.4, -0.2) is 11.3 Å². The van der Waals surface area contributed by atoms with Gasteiger partial charge in [-0.15, -0.1) is 13.2 Å². The van der Waals surface area contributed by atoms with Crippen molar-refractivity contribution in [2.24, 2.45) is 0 Å². The third kappa shape index (κ3) is 2.16. The Morgan fingerprint density at radius 3 is 2.69 bits per heavy atom. The standard InChI is InChI=1S/C10H7F3N2O/c11-10(12,13)16-7-4-6-2-1-3-15-9(6)8(14)5-7/h1-5H,14H2. The molecule has 0 atom stereocenters. The quantitative estimate of drug-likeness (QED) is 0.763. The summed E-state index contributed by atoms with van der Waals surface area (Å²) >= 11 is 0. The lowest BCUT2D eigenvalue weighted by Crippen LogP contribution is -2.17. The van der Waals surface area contributed by atoms with Crippen molar-refractivity contribution in [3.63, 3.8) is 0 Å². The molecule has 2 N–H and O–H groups in total. The number of nitrogens with two attached hydrogens (primary N) is 1.